The van der Waals surface area contributed by atoms with E-state index >= 15 is 0 Å². The standard InChI is InChI=1S/C15H21N3O3/c1-15(2,3)21-14(19)17-10-11(9-16)18-12-7-5-6-8-13(12)20-4/h5-8,11,18H,10H2,1-4H3,(H,17,19). The lowest BCUT2D eigenvalue weighted by molar-refractivity contribution is 0.0527. The van der Waals surface area contributed by atoms with Crippen LogP contribution in [-0.2, 0) is 4.74 Å². The molecule has 0 fully saturated rings. The molecule has 2 N–H and O–H groups in total. The van der Waals surface area contributed by atoms with E-state index in [1.165, 1.54) is 0 Å². The Bertz CT molecular complexity index is 518. The Morgan fingerprint density at radius 3 is 2.62 bits per heavy atom. The summed E-state index contributed by atoms with van der Waals surface area (Å²) in [5, 5.41) is 14.7. The molecule has 0 aliphatic rings. The van der Waals surface area contributed by atoms with Crippen molar-refractivity contribution < 1.29 is 14.3 Å². The first-order chi connectivity index (χ1) is 9.85. The predicted molar refractivity (Wildman–Crippen MR) is 80.3 cm³/mol. The Morgan fingerprint density at radius 2 is 2.05 bits per heavy atom. The summed E-state index contributed by atoms with van der Waals surface area (Å²) in [6.45, 7) is 5.47. The highest BCUT2D eigenvalue weighted by atomic mass is 16.6. The SMILES string of the molecule is COc1ccccc1NC(C#N)CNC(=O)OC(C)(C)C. The number of amides is 1. The third-order valence-electron chi connectivity index (χ3n) is 2.44. The monoisotopic (exact) mass is 291 g/mol. The maximum atomic E-state index is 11.6. The quantitative estimate of drug-likeness (QED) is 0.871. The number of carbonyl (C=O) groups excluding carboxylic acids is 1. The number of hydrogen-bond acceptors (Lipinski definition) is 5. The molecule has 1 atom stereocenters. The molecule has 6 heteroatoms. The Hall–Kier alpha value is -2.42. The number of nitriles is 1. The van der Waals surface area contributed by atoms with E-state index in [2.05, 4.69) is 16.7 Å². The molecule has 21 heavy (non-hydrogen) atoms. The first-order valence-electron chi connectivity index (χ1n) is 6.61. The van der Waals surface area contributed by atoms with Crippen molar-refractivity contribution in [2.45, 2.75) is 32.4 Å². The molecule has 0 heterocycles. The van der Waals surface area contributed by atoms with Crippen LogP contribution >= 0.6 is 0 Å². The van der Waals surface area contributed by atoms with Crippen LogP contribution in [0.25, 0.3) is 0 Å². The van der Waals surface area contributed by atoms with E-state index in [1.54, 1.807) is 40.0 Å². The molecule has 0 aliphatic heterocycles. The lowest BCUT2D eigenvalue weighted by Gasteiger charge is -2.21. The van der Waals surface area contributed by atoms with E-state index in [0.29, 0.717) is 11.4 Å². The second-order valence-corrected chi connectivity index (χ2v) is 5.41. The highest BCUT2D eigenvalue weighted by Gasteiger charge is 2.17. The van der Waals surface area contributed by atoms with E-state index in [4.69, 9.17) is 14.7 Å². The van der Waals surface area contributed by atoms with Crippen molar-refractivity contribution in [1.29, 1.82) is 5.26 Å². The van der Waals surface area contributed by atoms with Gasteiger partial charge >= 0.3 is 6.09 Å². The lowest BCUT2D eigenvalue weighted by Crippen LogP contribution is -2.39. The van der Waals surface area contributed by atoms with Gasteiger partial charge in [0.05, 0.1) is 25.4 Å². The van der Waals surface area contributed by atoms with Gasteiger partial charge in [-0.3, -0.25) is 0 Å². The number of hydrogen-bond donors (Lipinski definition) is 2. The van der Waals surface area contributed by atoms with Crippen molar-refractivity contribution in [2.75, 3.05) is 19.0 Å². The Morgan fingerprint density at radius 1 is 1.38 bits per heavy atom. The topological polar surface area (TPSA) is 83.4 Å². The molecule has 114 valence electrons. The summed E-state index contributed by atoms with van der Waals surface area (Å²) in [6.07, 6.45) is -0.551. The number of para-hydroxylation sites is 2. The second-order valence-electron chi connectivity index (χ2n) is 5.41. The number of alkyl carbamates (subject to hydrolysis) is 1. The normalized spacial score (nSPS) is 12.0. The first-order valence-corrected chi connectivity index (χ1v) is 6.61. The first kappa shape index (κ1) is 16.6. The smallest absolute Gasteiger partial charge is 0.407 e. The summed E-state index contributed by atoms with van der Waals surface area (Å²) in [4.78, 5) is 11.6. The number of methoxy groups -OCH3 is 1. The number of benzene rings is 1. The average molecular weight is 291 g/mol. The van der Waals surface area contributed by atoms with Crippen LogP contribution in [0.15, 0.2) is 24.3 Å². The number of carbonyl (C=O) groups is 1. The molecular weight excluding hydrogens is 270 g/mol. The maximum absolute atomic E-state index is 11.6. The third-order valence-corrected chi connectivity index (χ3v) is 2.44. The second kappa shape index (κ2) is 7.39. The fraction of sp³-hybridized carbons (Fsp3) is 0.467. The Kier molecular flexibility index (Phi) is 5.85. The number of rotatable bonds is 5. The molecule has 0 spiro atoms. The minimum absolute atomic E-state index is 0.128. The van der Waals surface area contributed by atoms with Crippen LogP contribution in [0.1, 0.15) is 20.8 Å². The van der Waals surface area contributed by atoms with Crippen molar-refractivity contribution in [1.82, 2.24) is 5.32 Å². The van der Waals surface area contributed by atoms with Gasteiger partial charge in [0.2, 0.25) is 0 Å². The number of ether oxygens (including phenoxy) is 2. The van der Waals surface area contributed by atoms with Crippen molar-refractivity contribution in [3.63, 3.8) is 0 Å². The van der Waals surface area contributed by atoms with Gasteiger partial charge in [-0.05, 0) is 32.9 Å². The minimum atomic E-state index is -0.589. The van der Waals surface area contributed by atoms with Gasteiger partial charge in [0, 0.05) is 0 Å². The van der Waals surface area contributed by atoms with Crippen molar-refractivity contribution >= 4 is 11.8 Å². The van der Waals surface area contributed by atoms with Gasteiger partial charge in [-0.25, -0.2) is 4.79 Å². The molecule has 0 saturated heterocycles. The van der Waals surface area contributed by atoms with Crippen LogP contribution in [0.4, 0.5) is 10.5 Å². The molecule has 0 saturated carbocycles. The summed E-state index contributed by atoms with van der Waals surface area (Å²) in [5.74, 6) is 0.634. The molecule has 0 aromatic heterocycles. The zero-order chi connectivity index (χ0) is 15.9. The molecule has 1 amide bonds. The summed E-state index contributed by atoms with van der Waals surface area (Å²) in [6, 6.07) is 8.76. The fourth-order valence-corrected chi connectivity index (χ4v) is 1.58. The van der Waals surface area contributed by atoms with E-state index in [-0.39, 0.29) is 6.54 Å². The van der Waals surface area contributed by atoms with Gasteiger partial charge in [0.1, 0.15) is 17.4 Å². The minimum Gasteiger partial charge on any atom is -0.495 e. The van der Waals surface area contributed by atoms with Crippen LogP contribution in [0, 0.1) is 11.3 Å². The zero-order valence-electron chi connectivity index (χ0n) is 12.8. The van der Waals surface area contributed by atoms with Crippen molar-refractivity contribution in [3.05, 3.63) is 24.3 Å². The lowest BCUT2D eigenvalue weighted by atomic mass is 10.2. The average Bonchev–Trinajstić information content (AvgIpc) is 2.42. The molecular formula is C15H21N3O3. The van der Waals surface area contributed by atoms with Crippen LogP contribution in [0.2, 0.25) is 0 Å². The molecule has 1 aromatic carbocycles. The van der Waals surface area contributed by atoms with Gasteiger partial charge in [-0.15, -0.1) is 0 Å². The van der Waals surface area contributed by atoms with Gasteiger partial charge in [0.15, 0.2) is 0 Å². The number of anilines is 1. The molecule has 0 aliphatic carbocycles. The number of nitrogens with one attached hydrogen (secondary N) is 2. The fourth-order valence-electron chi connectivity index (χ4n) is 1.58. The number of nitrogens with zero attached hydrogens (tertiary/aromatic N) is 1. The van der Waals surface area contributed by atoms with Gasteiger partial charge < -0.3 is 20.1 Å². The van der Waals surface area contributed by atoms with E-state index in [1.807, 2.05) is 12.1 Å². The third kappa shape index (κ3) is 6.04. The van der Waals surface area contributed by atoms with Crippen LogP contribution in [0.3, 0.4) is 0 Å². The van der Waals surface area contributed by atoms with Crippen molar-refractivity contribution in [3.8, 4) is 11.8 Å². The Balaban J connectivity index is 2.57. The molecule has 1 rings (SSSR count). The van der Waals surface area contributed by atoms with Gasteiger partial charge in [-0.1, -0.05) is 12.1 Å². The molecule has 0 radical (unpaired) electrons. The predicted octanol–water partition coefficient (Wildman–Crippen LogP) is 2.52. The van der Waals surface area contributed by atoms with Gasteiger partial charge in [-0.2, -0.15) is 5.26 Å². The molecule has 1 unspecified atom stereocenters. The maximum Gasteiger partial charge on any atom is 0.407 e. The zero-order valence-corrected chi connectivity index (χ0v) is 12.8. The summed E-state index contributed by atoms with van der Waals surface area (Å²) < 4.78 is 10.3. The Labute approximate surface area is 125 Å². The highest BCUT2D eigenvalue weighted by Crippen LogP contribution is 2.23. The van der Waals surface area contributed by atoms with Crippen LogP contribution < -0.4 is 15.4 Å². The van der Waals surface area contributed by atoms with Crippen molar-refractivity contribution in [2.24, 2.45) is 0 Å². The van der Waals surface area contributed by atoms with E-state index in [0.717, 1.165) is 0 Å². The largest absolute Gasteiger partial charge is 0.495 e. The summed E-state index contributed by atoms with van der Waals surface area (Å²) in [7, 11) is 1.56. The van der Waals surface area contributed by atoms with Crippen LogP contribution in [-0.4, -0.2) is 31.4 Å². The molecule has 0 bridgehead atoms. The van der Waals surface area contributed by atoms with E-state index in [9.17, 15) is 4.79 Å². The molecule has 1 aromatic rings. The highest BCUT2D eigenvalue weighted by molar-refractivity contribution is 5.68. The van der Waals surface area contributed by atoms with Gasteiger partial charge in [0.25, 0.3) is 0 Å². The summed E-state index contributed by atoms with van der Waals surface area (Å²) in [5.41, 5.74) is 0.125. The van der Waals surface area contributed by atoms with Crippen LogP contribution in [0.5, 0.6) is 5.75 Å². The summed E-state index contributed by atoms with van der Waals surface area (Å²) >= 11 is 0. The molecule has 6 nitrogen and oxygen atoms in total. The van der Waals surface area contributed by atoms with E-state index < -0.39 is 17.7 Å².